The molecule has 1 fully saturated rings. The zero-order chi connectivity index (χ0) is 12.9. The van der Waals surface area contributed by atoms with Crippen molar-refractivity contribution in [1.82, 2.24) is 5.32 Å². The summed E-state index contributed by atoms with van der Waals surface area (Å²) in [5.41, 5.74) is -0.930. The van der Waals surface area contributed by atoms with Gasteiger partial charge in [-0.25, -0.2) is 0 Å². The van der Waals surface area contributed by atoms with Crippen LogP contribution in [-0.2, 0) is 9.53 Å². The Morgan fingerprint density at radius 1 is 1.41 bits per heavy atom. The minimum atomic E-state index is -0.930. The van der Waals surface area contributed by atoms with Gasteiger partial charge in [-0.15, -0.1) is 0 Å². The molecular formula is C12H23NO4. The minimum Gasteiger partial charge on any atom is -0.480 e. The zero-order valence-electron chi connectivity index (χ0n) is 10.6. The van der Waals surface area contributed by atoms with E-state index in [4.69, 9.17) is 4.74 Å². The Morgan fingerprint density at radius 3 is 2.41 bits per heavy atom. The van der Waals surface area contributed by atoms with Crippen LogP contribution in [0.1, 0.15) is 33.1 Å². The molecule has 0 saturated carbocycles. The third kappa shape index (κ3) is 3.94. The first kappa shape index (κ1) is 14.4. The average Bonchev–Trinajstić information content (AvgIpc) is 2.28. The van der Waals surface area contributed by atoms with E-state index in [1.165, 1.54) is 0 Å². The Balaban J connectivity index is 2.67. The van der Waals surface area contributed by atoms with E-state index in [0.29, 0.717) is 32.0 Å². The van der Waals surface area contributed by atoms with Crippen molar-refractivity contribution in [3.05, 3.63) is 0 Å². The van der Waals surface area contributed by atoms with Crippen molar-refractivity contribution in [1.29, 1.82) is 0 Å². The van der Waals surface area contributed by atoms with Crippen LogP contribution in [0.4, 0.5) is 0 Å². The Bertz CT molecular complexity index is 249. The summed E-state index contributed by atoms with van der Waals surface area (Å²) in [5.74, 6) is -0.423. The van der Waals surface area contributed by atoms with Crippen molar-refractivity contribution < 1.29 is 19.7 Å². The van der Waals surface area contributed by atoms with Gasteiger partial charge in [0.15, 0.2) is 0 Å². The first-order valence-electron chi connectivity index (χ1n) is 6.20. The van der Waals surface area contributed by atoms with E-state index in [1.807, 2.05) is 0 Å². The molecule has 1 rings (SSSR count). The van der Waals surface area contributed by atoms with Gasteiger partial charge in [0.05, 0.1) is 6.61 Å². The van der Waals surface area contributed by atoms with Gasteiger partial charge in [0.1, 0.15) is 5.54 Å². The summed E-state index contributed by atoms with van der Waals surface area (Å²) in [6, 6.07) is -0.163. The average molecular weight is 245 g/mol. The Kier molecular flexibility index (Phi) is 5.36. The maximum Gasteiger partial charge on any atom is 0.324 e. The van der Waals surface area contributed by atoms with Crippen LogP contribution in [0.15, 0.2) is 0 Å². The van der Waals surface area contributed by atoms with E-state index >= 15 is 0 Å². The van der Waals surface area contributed by atoms with Gasteiger partial charge in [-0.2, -0.15) is 0 Å². The summed E-state index contributed by atoms with van der Waals surface area (Å²) < 4.78 is 5.21. The first-order valence-corrected chi connectivity index (χ1v) is 6.20. The Hall–Kier alpha value is -0.650. The van der Waals surface area contributed by atoms with Crippen LogP contribution in [0.5, 0.6) is 0 Å². The highest BCUT2D eigenvalue weighted by Crippen LogP contribution is 2.23. The summed E-state index contributed by atoms with van der Waals surface area (Å²) in [7, 11) is 0. The van der Waals surface area contributed by atoms with E-state index in [9.17, 15) is 15.0 Å². The molecule has 3 N–H and O–H groups in total. The van der Waals surface area contributed by atoms with Gasteiger partial charge in [0.2, 0.25) is 0 Å². The van der Waals surface area contributed by atoms with Gasteiger partial charge >= 0.3 is 5.97 Å². The molecule has 5 nitrogen and oxygen atoms in total. The van der Waals surface area contributed by atoms with Crippen molar-refractivity contribution >= 4 is 5.97 Å². The standard InChI is InChI=1S/C12H23NO4/c1-9(2)7-10(8-14)13-12(11(15)16)3-5-17-6-4-12/h9-10,13-14H,3-8H2,1-2H3,(H,15,16). The third-order valence-corrected chi connectivity index (χ3v) is 3.21. The van der Waals surface area contributed by atoms with E-state index in [-0.39, 0.29) is 12.6 Å². The van der Waals surface area contributed by atoms with E-state index in [1.54, 1.807) is 0 Å². The number of nitrogens with one attached hydrogen (secondary N) is 1. The lowest BCUT2D eigenvalue weighted by Gasteiger charge is -2.37. The van der Waals surface area contributed by atoms with Gasteiger partial charge in [-0.05, 0) is 25.2 Å². The van der Waals surface area contributed by atoms with Gasteiger partial charge in [-0.1, -0.05) is 13.8 Å². The lowest BCUT2D eigenvalue weighted by Crippen LogP contribution is -2.59. The van der Waals surface area contributed by atoms with Gasteiger partial charge in [-0.3, -0.25) is 10.1 Å². The fourth-order valence-corrected chi connectivity index (χ4v) is 2.28. The lowest BCUT2D eigenvalue weighted by molar-refractivity contribution is -0.150. The molecule has 0 amide bonds. The van der Waals surface area contributed by atoms with Crippen molar-refractivity contribution in [2.75, 3.05) is 19.8 Å². The summed E-state index contributed by atoms with van der Waals surface area (Å²) in [6.45, 7) is 5.00. The van der Waals surface area contributed by atoms with Crippen LogP contribution < -0.4 is 5.32 Å². The molecule has 0 aromatic heterocycles. The van der Waals surface area contributed by atoms with E-state index in [0.717, 1.165) is 6.42 Å². The Morgan fingerprint density at radius 2 is 2.00 bits per heavy atom. The van der Waals surface area contributed by atoms with Crippen LogP contribution >= 0.6 is 0 Å². The zero-order valence-corrected chi connectivity index (χ0v) is 10.6. The maximum absolute atomic E-state index is 11.4. The number of carboxylic acid groups (broad SMARTS) is 1. The van der Waals surface area contributed by atoms with Gasteiger partial charge in [0, 0.05) is 19.3 Å². The molecule has 1 unspecified atom stereocenters. The van der Waals surface area contributed by atoms with Gasteiger partial charge < -0.3 is 14.9 Å². The molecule has 0 spiro atoms. The highest BCUT2D eigenvalue weighted by molar-refractivity contribution is 5.79. The quantitative estimate of drug-likeness (QED) is 0.639. The molecule has 0 bridgehead atoms. The lowest BCUT2D eigenvalue weighted by atomic mass is 9.88. The van der Waals surface area contributed by atoms with Crippen LogP contribution in [-0.4, -0.2) is 47.6 Å². The molecule has 1 atom stereocenters. The number of aliphatic carboxylic acids is 1. The number of hydrogen-bond acceptors (Lipinski definition) is 4. The molecule has 0 aromatic carbocycles. The molecule has 5 heteroatoms. The molecule has 1 aliphatic heterocycles. The second-order valence-electron chi connectivity index (χ2n) is 5.15. The molecule has 100 valence electrons. The summed E-state index contributed by atoms with van der Waals surface area (Å²) >= 11 is 0. The predicted molar refractivity (Wildman–Crippen MR) is 63.9 cm³/mol. The summed E-state index contributed by atoms with van der Waals surface area (Å²) in [4.78, 5) is 11.4. The monoisotopic (exact) mass is 245 g/mol. The molecule has 0 aromatic rings. The Labute approximate surface area is 102 Å². The minimum absolute atomic E-state index is 0.0337. The number of ether oxygens (including phenoxy) is 1. The first-order chi connectivity index (χ1) is 8.00. The number of rotatable bonds is 6. The van der Waals surface area contributed by atoms with Crippen LogP contribution in [0.2, 0.25) is 0 Å². The van der Waals surface area contributed by atoms with Crippen molar-refractivity contribution in [2.45, 2.75) is 44.7 Å². The summed E-state index contributed by atoms with van der Waals surface area (Å²) in [5, 5.41) is 21.8. The summed E-state index contributed by atoms with van der Waals surface area (Å²) in [6.07, 6.45) is 1.68. The van der Waals surface area contributed by atoms with Crippen LogP contribution in [0.3, 0.4) is 0 Å². The molecule has 1 heterocycles. The highest BCUT2D eigenvalue weighted by Gasteiger charge is 2.41. The highest BCUT2D eigenvalue weighted by atomic mass is 16.5. The molecule has 1 aliphatic rings. The number of carboxylic acids is 1. The number of aliphatic hydroxyl groups is 1. The van der Waals surface area contributed by atoms with E-state index < -0.39 is 11.5 Å². The van der Waals surface area contributed by atoms with Crippen molar-refractivity contribution in [3.8, 4) is 0 Å². The molecule has 0 aliphatic carbocycles. The van der Waals surface area contributed by atoms with Crippen LogP contribution in [0, 0.1) is 5.92 Å². The normalized spacial score (nSPS) is 21.4. The largest absolute Gasteiger partial charge is 0.480 e. The maximum atomic E-state index is 11.4. The molecule has 1 saturated heterocycles. The second kappa shape index (κ2) is 6.33. The van der Waals surface area contributed by atoms with E-state index in [2.05, 4.69) is 19.2 Å². The third-order valence-electron chi connectivity index (χ3n) is 3.21. The molecular weight excluding hydrogens is 222 g/mol. The van der Waals surface area contributed by atoms with Crippen molar-refractivity contribution in [3.63, 3.8) is 0 Å². The number of carbonyl (C=O) groups is 1. The predicted octanol–water partition coefficient (Wildman–Crippen LogP) is 0.617. The van der Waals surface area contributed by atoms with Gasteiger partial charge in [0.25, 0.3) is 0 Å². The molecule has 17 heavy (non-hydrogen) atoms. The second-order valence-corrected chi connectivity index (χ2v) is 5.15. The fourth-order valence-electron chi connectivity index (χ4n) is 2.28. The SMILES string of the molecule is CC(C)CC(CO)NC1(C(=O)O)CCOCC1. The fraction of sp³-hybridized carbons (Fsp3) is 0.917. The number of aliphatic hydroxyl groups excluding tert-OH is 1. The smallest absolute Gasteiger partial charge is 0.324 e. The van der Waals surface area contributed by atoms with Crippen molar-refractivity contribution in [2.24, 2.45) is 5.92 Å². The number of hydrogen-bond donors (Lipinski definition) is 3. The molecule has 0 radical (unpaired) electrons. The van der Waals surface area contributed by atoms with Crippen LogP contribution in [0.25, 0.3) is 0 Å². The topological polar surface area (TPSA) is 78.8 Å².